The van der Waals surface area contributed by atoms with Gasteiger partial charge < -0.3 is 21.5 Å². The van der Waals surface area contributed by atoms with E-state index in [-0.39, 0.29) is 17.4 Å². The number of nitrogens with two attached hydrogens (primary N) is 2. The third-order valence-corrected chi connectivity index (χ3v) is 4.28. The number of ether oxygens (including phenoxy) is 1. The zero-order valence-electron chi connectivity index (χ0n) is 16.3. The van der Waals surface area contributed by atoms with Gasteiger partial charge in [0, 0.05) is 12.6 Å². The minimum Gasteiger partial charge on any atom is -0.494 e. The molecule has 0 aliphatic heterocycles. The van der Waals surface area contributed by atoms with Crippen molar-refractivity contribution < 1.29 is 9.13 Å². The summed E-state index contributed by atoms with van der Waals surface area (Å²) in [6, 6.07) is 14.3. The summed E-state index contributed by atoms with van der Waals surface area (Å²) in [6.45, 7) is 4.06. The van der Waals surface area contributed by atoms with Gasteiger partial charge in [-0.25, -0.2) is 4.39 Å². The monoisotopic (exact) mass is 394 g/mol. The van der Waals surface area contributed by atoms with Gasteiger partial charge >= 0.3 is 0 Å². The molecule has 5 N–H and O–H groups in total. The SMILES string of the molecule is C=C(N)Nc1c(C(N)=NCc2ccccc2)c(-c2ccc(OC)c(F)c2)nn1C. The Labute approximate surface area is 168 Å². The van der Waals surface area contributed by atoms with E-state index in [1.165, 1.54) is 19.2 Å². The highest BCUT2D eigenvalue weighted by molar-refractivity contribution is 6.07. The minimum absolute atomic E-state index is 0.144. The molecule has 0 saturated carbocycles. The fourth-order valence-corrected chi connectivity index (χ4v) is 2.92. The molecule has 0 aliphatic carbocycles. The van der Waals surface area contributed by atoms with Crippen molar-refractivity contribution in [1.29, 1.82) is 0 Å². The molecule has 1 heterocycles. The lowest BCUT2D eigenvalue weighted by Gasteiger charge is -2.10. The first-order valence-corrected chi connectivity index (χ1v) is 8.87. The molecule has 0 amide bonds. The van der Waals surface area contributed by atoms with Crippen molar-refractivity contribution in [3.05, 3.63) is 77.9 Å². The van der Waals surface area contributed by atoms with Crippen molar-refractivity contribution >= 4 is 11.7 Å². The number of benzene rings is 2. The smallest absolute Gasteiger partial charge is 0.165 e. The van der Waals surface area contributed by atoms with Gasteiger partial charge in [-0.15, -0.1) is 0 Å². The Morgan fingerprint density at radius 2 is 1.97 bits per heavy atom. The molecule has 3 aromatic rings. The van der Waals surface area contributed by atoms with Gasteiger partial charge in [-0.3, -0.25) is 9.67 Å². The van der Waals surface area contributed by atoms with Gasteiger partial charge in [-0.1, -0.05) is 36.9 Å². The molecular formula is C21H23FN6O. The maximum Gasteiger partial charge on any atom is 0.165 e. The fraction of sp³-hybridized carbons (Fsp3) is 0.143. The van der Waals surface area contributed by atoms with Crippen LogP contribution in [0.2, 0.25) is 0 Å². The van der Waals surface area contributed by atoms with E-state index in [1.54, 1.807) is 17.8 Å². The molecular weight excluding hydrogens is 371 g/mol. The summed E-state index contributed by atoms with van der Waals surface area (Å²) in [5, 5.41) is 7.45. The predicted molar refractivity (Wildman–Crippen MR) is 113 cm³/mol. The second kappa shape index (κ2) is 8.47. The Hall–Kier alpha value is -3.81. The molecule has 150 valence electrons. The zero-order chi connectivity index (χ0) is 21.0. The second-order valence-electron chi connectivity index (χ2n) is 6.38. The minimum atomic E-state index is -0.501. The maximum atomic E-state index is 14.3. The van der Waals surface area contributed by atoms with Crippen molar-refractivity contribution in [3.63, 3.8) is 0 Å². The number of aromatic nitrogens is 2. The van der Waals surface area contributed by atoms with Crippen molar-refractivity contribution in [2.45, 2.75) is 6.54 Å². The molecule has 8 heteroatoms. The first-order chi connectivity index (χ1) is 13.9. The van der Waals surface area contributed by atoms with Crippen LogP contribution in [-0.2, 0) is 13.6 Å². The summed E-state index contributed by atoms with van der Waals surface area (Å²) in [6.07, 6.45) is 0. The number of hydrogen-bond acceptors (Lipinski definition) is 5. The van der Waals surface area contributed by atoms with Gasteiger partial charge in [0.1, 0.15) is 17.3 Å². The van der Waals surface area contributed by atoms with Crippen LogP contribution in [0.3, 0.4) is 0 Å². The summed E-state index contributed by atoms with van der Waals surface area (Å²) in [5.41, 5.74) is 14.6. The lowest BCUT2D eigenvalue weighted by atomic mass is 10.1. The Morgan fingerprint density at radius 3 is 2.59 bits per heavy atom. The average molecular weight is 394 g/mol. The third kappa shape index (κ3) is 4.37. The van der Waals surface area contributed by atoms with Gasteiger partial charge in [0.2, 0.25) is 0 Å². The van der Waals surface area contributed by atoms with E-state index in [4.69, 9.17) is 16.2 Å². The maximum absolute atomic E-state index is 14.3. The average Bonchev–Trinajstić information content (AvgIpc) is 3.02. The molecule has 0 atom stereocenters. The lowest BCUT2D eigenvalue weighted by Crippen LogP contribution is -2.18. The summed E-state index contributed by atoms with van der Waals surface area (Å²) in [4.78, 5) is 4.50. The molecule has 0 saturated heterocycles. The molecule has 0 unspecified atom stereocenters. The number of amidine groups is 1. The second-order valence-corrected chi connectivity index (χ2v) is 6.38. The molecule has 7 nitrogen and oxygen atoms in total. The number of hydrogen-bond donors (Lipinski definition) is 3. The van der Waals surface area contributed by atoms with Crippen molar-refractivity contribution in [1.82, 2.24) is 9.78 Å². The molecule has 0 fully saturated rings. The normalized spacial score (nSPS) is 11.3. The largest absolute Gasteiger partial charge is 0.494 e. The van der Waals surface area contributed by atoms with Crippen LogP contribution in [0.5, 0.6) is 5.75 Å². The number of aliphatic imine (C=N–C) groups is 1. The number of rotatable bonds is 7. The van der Waals surface area contributed by atoms with E-state index in [9.17, 15) is 4.39 Å². The van der Waals surface area contributed by atoms with Crippen LogP contribution < -0.4 is 21.5 Å². The quantitative estimate of drug-likeness (QED) is 0.422. The molecule has 3 rings (SSSR count). The molecule has 0 aliphatic rings. The number of halogens is 1. The number of nitrogens with zero attached hydrogens (tertiary/aromatic N) is 3. The van der Waals surface area contributed by atoms with Crippen LogP contribution in [0.1, 0.15) is 11.1 Å². The number of aryl methyl sites for hydroxylation is 1. The van der Waals surface area contributed by atoms with E-state index in [1.807, 2.05) is 30.3 Å². The molecule has 2 aromatic carbocycles. The summed E-state index contributed by atoms with van der Waals surface area (Å²) in [7, 11) is 3.13. The number of anilines is 1. The van der Waals surface area contributed by atoms with Crippen molar-refractivity contribution in [2.75, 3.05) is 12.4 Å². The van der Waals surface area contributed by atoms with Crippen LogP contribution in [0.15, 0.2) is 65.9 Å². The molecule has 1 aromatic heterocycles. The first kappa shape index (κ1) is 19.9. The number of nitrogens with one attached hydrogen (secondary N) is 1. The standard InChI is InChI=1S/C21H23FN6O/c1-13(23)26-21-18(20(24)25-12-14-7-5-4-6-8-14)19(27-28(21)2)15-9-10-17(29-3)16(22)11-15/h4-11,26H,1,12,23H2,2-3H3,(H2,24,25). The van der Waals surface area contributed by atoms with Gasteiger partial charge in [0.05, 0.1) is 25.0 Å². The zero-order valence-corrected chi connectivity index (χ0v) is 16.3. The van der Waals surface area contributed by atoms with Crippen molar-refractivity contribution in [3.8, 4) is 17.0 Å². The highest BCUT2D eigenvalue weighted by atomic mass is 19.1. The highest BCUT2D eigenvalue weighted by Gasteiger charge is 2.22. The summed E-state index contributed by atoms with van der Waals surface area (Å²) in [5.74, 6) is 0.623. The lowest BCUT2D eigenvalue weighted by molar-refractivity contribution is 0.386. The van der Waals surface area contributed by atoms with Crippen LogP contribution in [0.4, 0.5) is 10.2 Å². The Kier molecular flexibility index (Phi) is 5.82. The van der Waals surface area contributed by atoms with E-state index in [2.05, 4.69) is 22.0 Å². The van der Waals surface area contributed by atoms with E-state index < -0.39 is 5.82 Å². The van der Waals surface area contributed by atoms with Crippen LogP contribution in [0.25, 0.3) is 11.3 Å². The molecule has 0 spiro atoms. The van der Waals surface area contributed by atoms with Crippen LogP contribution in [0, 0.1) is 5.82 Å². The van der Waals surface area contributed by atoms with Gasteiger partial charge in [0.15, 0.2) is 11.6 Å². The van der Waals surface area contributed by atoms with E-state index >= 15 is 0 Å². The fourth-order valence-electron chi connectivity index (χ4n) is 2.92. The van der Waals surface area contributed by atoms with E-state index in [0.717, 1.165) is 5.56 Å². The Bertz CT molecular complexity index is 1060. The highest BCUT2D eigenvalue weighted by Crippen LogP contribution is 2.31. The molecule has 29 heavy (non-hydrogen) atoms. The van der Waals surface area contributed by atoms with Crippen LogP contribution >= 0.6 is 0 Å². The van der Waals surface area contributed by atoms with Gasteiger partial charge in [0.25, 0.3) is 0 Å². The van der Waals surface area contributed by atoms with E-state index in [0.29, 0.717) is 29.2 Å². The number of methoxy groups -OCH3 is 1. The topological polar surface area (TPSA) is 103 Å². The summed E-state index contributed by atoms with van der Waals surface area (Å²) < 4.78 is 20.8. The summed E-state index contributed by atoms with van der Waals surface area (Å²) >= 11 is 0. The molecule has 0 radical (unpaired) electrons. The van der Waals surface area contributed by atoms with Gasteiger partial charge in [-0.05, 0) is 23.8 Å². The Morgan fingerprint density at radius 1 is 1.24 bits per heavy atom. The third-order valence-electron chi connectivity index (χ3n) is 4.28. The predicted octanol–water partition coefficient (Wildman–Crippen LogP) is 2.98. The Balaban J connectivity index is 2.09. The first-order valence-electron chi connectivity index (χ1n) is 8.87. The van der Waals surface area contributed by atoms with Gasteiger partial charge in [-0.2, -0.15) is 5.10 Å². The van der Waals surface area contributed by atoms with Crippen LogP contribution in [-0.4, -0.2) is 22.7 Å². The molecule has 0 bridgehead atoms. The van der Waals surface area contributed by atoms with Crippen molar-refractivity contribution in [2.24, 2.45) is 23.5 Å².